The molecule has 0 radical (unpaired) electrons. The molecular weight excluding hydrogens is 254 g/mol. The third-order valence-corrected chi connectivity index (χ3v) is 3.59. The zero-order chi connectivity index (χ0) is 14.5. The number of hydrogen-bond acceptors (Lipinski definition) is 3. The molecule has 0 unspecified atom stereocenters. The highest BCUT2D eigenvalue weighted by atomic mass is 19.3. The summed E-state index contributed by atoms with van der Waals surface area (Å²) in [5, 5.41) is 2.64. The lowest BCUT2D eigenvalue weighted by molar-refractivity contribution is -0.131. The van der Waals surface area contributed by atoms with Gasteiger partial charge in [-0.3, -0.25) is 9.36 Å². The van der Waals surface area contributed by atoms with Crippen molar-refractivity contribution in [1.29, 1.82) is 0 Å². The molecule has 0 fully saturated rings. The van der Waals surface area contributed by atoms with Gasteiger partial charge in [-0.05, 0) is 12.8 Å². The Morgan fingerprint density at radius 3 is 2.63 bits per heavy atom. The van der Waals surface area contributed by atoms with E-state index in [1.165, 1.54) is 12.4 Å². The predicted octanol–water partition coefficient (Wildman–Crippen LogP) is 1.66. The first-order valence-corrected chi connectivity index (χ1v) is 6.29. The zero-order valence-corrected chi connectivity index (χ0v) is 11.2. The van der Waals surface area contributed by atoms with E-state index in [4.69, 9.17) is 5.73 Å². The topological polar surface area (TPSA) is 72.9 Å². The molecule has 1 aromatic rings. The number of halogens is 2. The molecule has 7 heteroatoms. The highest BCUT2D eigenvalue weighted by Crippen LogP contribution is 2.25. The lowest BCUT2D eigenvalue weighted by atomic mass is 9.81. The van der Waals surface area contributed by atoms with Crippen LogP contribution in [0.25, 0.3) is 0 Å². The maximum absolute atomic E-state index is 12.6. The standard InChI is InChI=1S/C12H20F2N4O/c1-3-12(4-2,8-15)10(19)17-7-9-16-5-6-18(9)11(13)14/h5-6,11H,3-4,7-8,15H2,1-2H3,(H,17,19). The van der Waals surface area contributed by atoms with E-state index in [9.17, 15) is 13.6 Å². The van der Waals surface area contributed by atoms with Crippen LogP contribution in [0.1, 0.15) is 39.1 Å². The van der Waals surface area contributed by atoms with Gasteiger partial charge in [0.15, 0.2) is 0 Å². The van der Waals surface area contributed by atoms with Crippen molar-refractivity contribution in [3.63, 3.8) is 0 Å². The molecule has 3 N–H and O–H groups in total. The molecular formula is C12H20F2N4O. The predicted molar refractivity (Wildman–Crippen MR) is 67.4 cm³/mol. The highest BCUT2D eigenvalue weighted by Gasteiger charge is 2.33. The van der Waals surface area contributed by atoms with Crippen molar-refractivity contribution in [1.82, 2.24) is 14.9 Å². The van der Waals surface area contributed by atoms with Gasteiger partial charge < -0.3 is 11.1 Å². The van der Waals surface area contributed by atoms with Crippen LogP contribution in [0.5, 0.6) is 0 Å². The van der Waals surface area contributed by atoms with E-state index in [2.05, 4.69) is 10.3 Å². The highest BCUT2D eigenvalue weighted by molar-refractivity contribution is 5.82. The molecule has 0 aliphatic heterocycles. The molecule has 0 aliphatic carbocycles. The van der Waals surface area contributed by atoms with Crippen molar-refractivity contribution in [3.8, 4) is 0 Å². The number of amides is 1. The molecule has 0 saturated heterocycles. The molecule has 0 aliphatic rings. The zero-order valence-electron chi connectivity index (χ0n) is 11.2. The smallest absolute Gasteiger partial charge is 0.319 e. The Morgan fingerprint density at radius 2 is 2.16 bits per heavy atom. The fourth-order valence-corrected chi connectivity index (χ4v) is 1.96. The van der Waals surface area contributed by atoms with E-state index in [0.717, 1.165) is 4.57 Å². The number of nitrogens with one attached hydrogen (secondary N) is 1. The fourth-order valence-electron chi connectivity index (χ4n) is 1.96. The van der Waals surface area contributed by atoms with Crippen molar-refractivity contribution in [2.45, 2.75) is 39.8 Å². The summed E-state index contributed by atoms with van der Waals surface area (Å²) in [6, 6.07) is 0. The minimum atomic E-state index is -2.66. The summed E-state index contributed by atoms with van der Waals surface area (Å²) < 4.78 is 25.9. The number of hydrogen-bond donors (Lipinski definition) is 2. The summed E-state index contributed by atoms with van der Waals surface area (Å²) >= 11 is 0. The molecule has 108 valence electrons. The van der Waals surface area contributed by atoms with Crippen molar-refractivity contribution in [3.05, 3.63) is 18.2 Å². The SMILES string of the molecule is CCC(CC)(CN)C(=O)NCc1nccn1C(F)F. The Hall–Kier alpha value is -1.50. The molecule has 0 bridgehead atoms. The van der Waals surface area contributed by atoms with Crippen molar-refractivity contribution in [2.75, 3.05) is 6.54 Å². The summed E-state index contributed by atoms with van der Waals surface area (Å²) in [7, 11) is 0. The number of nitrogens with two attached hydrogens (primary N) is 1. The van der Waals surface area contributed by atoms with Gasteiger partial charge in [-0.2, -0.15) is 8.78 Å². The molecule has 0 spiro atoms. The van der Waals surface area contributed by atoms with Crippen LogP contribution in [0, 0.1) is 5.41 Å². The number of rotatable bonds is 7. The van der Waals surface area contributed by atoms with Crippen LogP contribution in [0.3, 0.4) is 0 Å². The molecule has 0 aromatic carbocycles. The third kappa shape index (κ3) is 3.28. The van der Waals surface area contributed by atoms with E-state index in [1.54, 1.807) is 0 Å². The van der Waals surface area contributed by atoms with Crippen molar-refractivity contribution >= 4 is 5.91 Å². The van der Waals surface area contributed by atoms with Gasteiger partial charge in [-0.1, -0.05) is 13.8 Å². The quantitative estimate of drug-likeness (QED) is 0.794. The number of aromatic nitrogens is 2. The van der Waals surface area contributed by atoms with E-state index < -0.39 is 12.0 Å². The van der Waals surface area contributed by atoms with Gasteiger partial charge in [0.05, 0.1) is 12.0 Å². The van der Waals surface area contributed by atoms with Gasteiger partial charge in [-0.15, -0.1) is 0 Å². The number of carbonyl (C=O) groups excluding carboxylic acids is 1. The van der Waals surface area contributed by atoms with Crippen LogP contribution < -0.4 is 11.1 Å². The number of imidazole rings is 1. The van der Waals surface area contributed by atoms with Gasteiger partial charge >= 0.3 is 6.55 Å². The first-order chi connectivity index (χ1) is 9.00. The van der Waals surface area contributed by atoms with Crippen LogP contribution >= 0.6 is 0 Å². The maximum Gasteiger partial charge on any atom is 0.319 e. The second-order valence-corrected chi connectivity index (χ2v) is 4.40. The Labute approximate surface area is 111 Å². The largest absolute Gasteiger partial charge is 0.348 e. The Morgan fingerprint density at radius 1 is 1.53 bits per heavy atom. The normalized spacial score (nSPS) is 11.9. The van der Waals surface area contributed by atoms with Gasteiger partial charge in [0.25, 0.3) is 0 Å². The molecule has 1 aromatic heterocycles. The summed E-state index contributed by atoms with van der Waals surface area (Å²) in [6.45, 7) is 1.31. The van der Waals surface area contributed by atoms with Gasteiger partial charge in [0.1, 0.15) is 5.82 Å². The third-order valence-electron chi connectivity index (χ3n) is 3.59. The lowest BCUT2D eigenvalue weighted by Gasteiger charge is -2.28. The number of nitrogens with zero attached hydrogens (tertiary/aromatic N) is 2. The number of alkyl halides is 2. The molecule has 1 rings (SSSR count). The summed E-state index contributed by atoms with van der Waals surface area (Å²) in [6.07, 6.45) is 3.68. The first-order valence-electron chi connectivity index (χ1n) is 6.29. The second kappa shape index (κ2) is 6.60. The van der Waals surface area contributed by atoms with Gasteiger partial charge in [0.2, 0.25) is 5.91 Å². The van der Waals surface area contributed by atoms with E-state index >= 15 is 0 Å². The monoisotopic (exact) mass is 274 g/mol. The number of carbonyl (C=O) groups is 1. The van der Waals surface area contributed by atoms with Crippen molar-refractivity contribution < 1.29 is 13.6 Å². The minimum Gasteiger partial charge on any atom is -0.348 e. The summed E-state index contributed by atoms with van der Waals surface area (Å²) in [5.41, 5.74) is 5.02. The van der Waals surface area contributed by atoms with Crippen LogP contribution in [0.15, 0.2) is 12.4 Å². The molecule has 5 nitrogen and oxygen atoms in total. The summed E-state index contributed by atoms with van der Waals surface area (Å²) in [4.78, 5) is 15.9. The lowest BCUT2D eigenvalue weighted by Crippen LogP contribution is -2.45. The summed E-state index contributed by atoms with van der Waals surface area (Å²) in [5.74, 6) is -0.0923. The average Bonchev–Trinajstić information content (AvgIpc) is 2.87. The van der Waals surface area contributed by atoms with E-state index in [1.807, 2.05) is 13.8 Å². The van der Waals surface area contributed by atoms with Gasteiger partial charge in [-0.25, -0.2) is 4.98 Å². The van der Waals surface area contributed by atoms with Crippen molar-refractivity contribution in [2.24, 2.45) is 11.1 Å². The molecule has 19 heavy (non-hydrogen) atoms. The molecule has 1 heterocycles. The fraction of sp³-hybridized carbons (Fsp3) is 0.667. The maximum atomic E-state index is 12.6. The molecule has 0 saturated carbocycles. The van der Waals surface area contributed by atoms with Crippen LogP contribution in [0.2, 0.25) is 0 Å². The van der Waals surface area contributed by atoms with E-state index in [0.29, 0.717) is 12.8 Å². The Balaban J connectivity index is 2.71. The van der Waals surface area contributed by atoms with E-state index in [-0.39, 0.29) is 24.8 Å². The Kier molecular flexibility index (Phi) is 5.41. The van der Waals surface area contributed by atoms with Crippen LogP contribution in [-0.4, -0.2) is 22.0 Å². The minimum absolute atomic E-state index is 0.0298. The second-order valence-electron chi connectivity index (χ2n) is 4.40. The van der Waals surface area contributed by atoms with Gasteiger partial charge in [0, 0.05) is 18.9 Å². The van der Waals surface area contributed by atoms with Crippen LogP contribution in [-0.2, 0) is 11.3 Å². The molecule has 1 amide bonds. The van der Waals surface area contributed by atoms with Crippen LogP contribution in [0.4, 0.5) is 8.78 Å². The Bertz CT molecular complexity index is 407. The first kappa shape index (κ1) is 15.6. The average molecular weight is 274 g/mol. The molecule has 0 atom stereocenters.